The van der Waals surface area contributed by atoms with E-state index in [-0.39, 0.29) is 11.5 Å². The molecule has 1 aliphatic rings. The smallest absolute Gasteiger partial charge is 0.199 e. The van der Waals surface area contributed by atoms with Gasteiger partial charge in [0.25, 0.3) is 0 Å². The molecule has 3 heterocycles. The highest BCUT2D eigenvalue weighted by Crippen LogP contribution is 2.35. The highest BCUT2D eigenvalue weighted by atomic mass is 16.1. The van der Waals surface area contributed by atoms with Gasteiger partial charge in [-0.25, -0.2) is 0 Å². The van der Waals surface area contributed by atoms with E-state index in [1.54, 1.807) is 6.07 Å². The van der Waals surface area contributed by atoms with Gasteiger partial charge in [-0.3, -0.25) is 4.79 Å². The van der Waals surface area contributed by atoms with Gasteiger partial charge in [0.05, 0.1) is 22.5 Å². The summed E-state index contributed by atoms with van der Waals surface area (Å²) in [4.78, 5) is 22.2. The summed E-state index contributed by atoms with van der Waals surface area (Å²) in [5, 5.41) is 11.7. The predicted octanol–water partition coefficient (Wildman–Crippen LogP) is 4.96. The second kappa shape index (κ2) is 7.93. The van der Waals surface area contributed by atoms with Crippen LogP contribution in [0.15, 0.2) is 35.1 Å². The van der Waals surface area contributed by atoms with Crippen molar-refractivity contribution in [3.05, 3.63) is 51.7 Å². The molecule has 0 bridgehead atoms. The van der Waals surface area contributed by atoms with Gasteiger partial charge >= 0.3 is 0 Å². The molecule has 6 nitrogen and oxygen atoms in total. The summed E-state index contributed by atoms with van der Waals surface area (Å²) in [6, 6.07) is 12.2. The number of likely N-dealkylation sites (N-methyl/N-ethyl adjacent to an activating group) is 1. The zero-order valence-electron chi connectivity index (χ0n) is 20.1. The van der Waals surface area contributed by atoms with Crippen molar-refractivity contribution in [3.63, 3.8) is 0 Å². The first-order chi connectivity index (χ1) is 15.8. The minimum Gasteiger partial charge on any atom is -0.369 e. The molecule has 1 N–H and O–H groups in total. The van der Waals surface area contributed by atoms with Crippen LogP contribution >= 0.6 is 0 Å². The number of hydrogen-bond acceptors (Lipinski definition) is 4. The number of aromatic amines is 1. The molecule has 1 fully saturated rings. The lowest BCUT2D eigenvalue weighted by atomic mass is 9.96. The third-order valence-electron chi connectivity index (χ3n) is 7.01. The molecule has 2 aromatic carbocycles. The van der Waals surface area contributed by atoms with E-state index in [1.807, 2.05) is 12.1 Å². The van der Waals surface area contributed by atoms with Gasteiger partial charge in [0, 0.05) is 54.2 Å². The fourth-order valence-electron chi connectivity index (χ4n) is 5.21. The Labute approximate surface area is 194 Å². The van der Waals surface area contributed by atoms with Gasteiger partial charge in [-0.15, -0.1) is 0 Å². The Morgan fingerprint density at radius 2 is 1.73 bits per heavy atom. The first kappa shape index (κ1) is 21.5. The van der Waals surface area contributed by atoms with Gasteiger partial charge < -0.3 is 19.4 Å². The number of fused-ring (bicyclic) bond motifs is 4. The number of nitrogens with one attached hydrogen (secondary N) is 1. The summed E-state index contributed by atoms with van der Waals surface area (Å²) in [7, 11) is 2.17. The SMILES string of the molecule is CC(C)c1cc2c(=O)c3c4ccc(C#N)cc4[nH]c3n(C(C)C)c2cc1N1CCN(C)CC1. The van der Waals surface area contributed by atoms with Crippen LogP contribution in [0.1, 0.15) is 50.8 Å². The van der Waals surface area contributed by atoms with Crippen LogP contribution in [0.5, 0.6) is 0 Å². The minimum absolute atomic E-state index is 0.0553. The van der Waals surface area contributed by atoms with E-state index in [9.17, 15) is 10.1 Å². The fourth-order valence-corrected chi connectivity index (χ4v) is 5.21. The van der Waals surface area contributed by atoms with Crippen molar-refractivity contribution in [1.82, 2.24) is 14.5 Å². The van der Waals surface area contributed by atoms with E-state index in [4.69, 9.17) is 0 Å². The molecule has 6 heteroatoms. The van der Waals surface area contributed by atoms with Crippen LogP contribution in [0.3, 0.4) is 0 Å². The molecule has 0 unspecified atom stereocenters. The van der Waals surface area contributed by atoms with E-state index in [2.05, 4.69) is 72.3 Å². The Bertz CT molecular complexity index is 1480. The average molecular weight is 442 g/mol. The number of benzene rings is 2. The number of hydrogen-bond donors (Lipinski definition) is 1. The third kappa shape index (κ3) is 3.39. The van der Waals surface area contributed by atoms with Crippen molar-refractivity contribution in [3.8, 4) is 6.07 Å². The van der Waals surface area contributed by atoms with Crippen LogP contribution in [-0.4, -0.2) is 47.7 Å². The van der Waals surface area contributed by atoms with Gasteiger partial charge in [0.2, 0.25) is 0 Å². The Morgan fingerprint density at radius 1 is 1.00 bits per heavy atom. The highest BCUT2D eigenvalue weighted by molar-refractivity contribution is 6.10. The average Bonchev–Trinajstić information content (AvgIpc) is 3.17. The Morgan fingerprint density at radius 3 is 2.36 bits per heavy atom. The zero-order valence-corrected chi connectivity index (χ0v) is 20.1. The fraction of sp³-hybridized carbons (Fsp3) is 0.407. The van der Waals surface area contributed by atoms with E-state index < -0.39 is 0 Å². The lowest BCUT2D eigenvalue weighted by molar-refractivity contribution is 0.312. The topological polar surface area (TPSA) is 68.1 Å². The minimum atomic E-state index is 0.0553. The van der Waals surface area contributed by atoms with Crippen LogP contribution in [0, 0.1) is 11.3 Å². The van der Waals surface area contributed by atoms with Crippen LogP contribution in [0.2, 0.25) is 0 Å². The maximum Gasteiger partial charge on any atom is 0.199 e. The van der Waals surface area contributed by atoms with E-state index in [1.165, 1.54) is 11.3 Å². The number of pyridine rings is 1. The van der Waals surface area contributed by atoms with Crippen molar-refractivity contribution >= 4 is 38.5 Å². The number of nitriles is 1. The molecule has 0 radical (unpaired) electrons. The largest absolute Gasteiger partial charge is 0.369 e. The normalized spacial score (nSPS) is 15.4. The van der Waals surface area contributed by atoms with Crippen LogP contribution in [-0.2, 0) is 0 Å². The summed E-state index contributed by atoms with van der Waals surface area (Å²) in [5.41, 5.74) is 5.73. The number of nitrogens with zero attached hydrogens (tertiary/aromatic N) is 4. The first-order valence-electron chi connectivity index (χ1n) is 11.8. The van der Waals surface area contributed by atoms with E-state index >= 15 is 0 Å². The number of piperazine rings is 1. The molecule has 0 aliphatic carbocycles. The quantitative estimate of drug-likeness (QED) is 0.488. The van der Waals surface area contributed by atoms with Crippen molar-refractivity contribution in [2.24, 2.45) is 0 Å². The molecular weight excluding hydrogens is 410 g/mol. The molecule has 0 saturated carbocycles. The van der Waals surface area contributed by atoms with Gasteiger partial charge in [-0.1, -0.05) is 19.9 Å². The van der Waals surface area contributed by atoms with Crippen molar-refractivity contribution in [2.45, 2.75) is 39.7 Å². The Kier molecular flexibility index (Phi) is 5.18. The lowest BCUT2D eigenvalue weighted by Gasteiger charge is -2.36. The van der Waals surface area contributed by atoms with Crippen LogP contribution in [0.4, 0.5) is 5.69 Å². The summed E-state index contributed by atoms with van der Waals surface area (Å²) in [5.74, 6) is 0.313. The maximum absolute atomic E-state index is 13.9. The molecular formula is C27H31N5O. The summed E-state index contributed by atoms with van der Waals surface area (Å²) < 4.78 is 2.25. The van der Waals surface area contributed by atoms with Gasteiger partial charge in [0.1, 0.15) is 5.65 Å². The zero-order chi connectivity index (χ0) is 23.4. The molecule has 170 valence electrons. The Hall–Kier alpha value is -3.30. The monoisotopic (exact) mass is 441 g/mol. The summed E-state index contributed by atoms with van der Waals surface area (Å²) in [6.07, 6.45) is 0. The van der Waals surface area contributed by atoms with Crippen molar-refractivity contribution in [1.29, 1.82) is 5.26 Å². The molecule has 4 aromatic rings. The molecule has 33 heavy (non-hydrogen) atoms. The second-order valence-corrected chi connectivity index (χ2v) is 9.89. The molecule has 0 atom stereocenters. The lowest BCUT2D eigenvalue weighted by Crippen LogP contribution is -2.44. The molecule has 5 rings (SSSR count). The van der Waals surface area contributed by atoms with E-state index in [0.29, 0.717) is 16.9 Å². The standard InChI is InChI=1S/C27H31N5O/c1-16(2)20-13-21-24(14-23(20)31-10-8-30(5)9-11-31)32(17(3)4)27-25(26(21)33)19-7-6-18(15-28)12-22(19)29-27/h6-7,12-14,16-17,29H,8-11H2,1-5H3. The molecule has 2 aromatic heterocycles. The molecule has 1 saturated heterocycles. The number of rotatable bonds is 3. The summed E-state index contributed by atoms with van der Waals surface area (Å²) >= 11 is 0. The van der Waals surface area contributed by atoms with Gasteiger partial charge in [-0.2, -0.15) is 5.26 Å². The third-order valence-corrected chi connectivity index (χ3v) is 7.01. The van der Waals surface area contributed by atoms with E-state index in [0.717, 1.165) is 53.6 Å². The number of H-pyrrole nitrogens is 1. The maximum atomic E-state index is 13.9. The first-order valence-corrected chi connectivity index (χ1v) is 11.8. The second-order valence-electron chi connectivity index (χ2n) is 9.89. The van der Waals surface area contributed by atoms with Crippen LogP contribution < -0.4 is 10.3 Å². The molecule has 0 amide bonds. The van der Waals surface area contributed by atoms with Crippen molar-refractivity contribution in [2.75, 3.05) is 38.1 Å². The predicted molar refractivity (Wildman–Crippen MR) is 136 cm³/mol. The van der Waals surface area contributed by atoms with Gasteiger partial charge in [0.15, 0.2) is 5.43 Å². The van der Waals surface area contributed by atoms with Crippen molar-refractivity contribution < 1.29 is 0 Å². The number of aromatic nitrogens is 2. The van der Waals surface area contributed by atoms with Gasteiger partial charge in [-0.05, 0) is 56.6 Å². The van der Waals surface area contributed by atoms with Crippen LogP contribution in [0.25, 0.3) is 32.8 Å². The molecule has 0 spiro atoms. The highest BCUT2D eigenvalue weighted by Gasteiger charge is 2.23. The summed E-state index contributed by atoms with van der Waals surface area (Å²) in [6.45, 7) is 12.8. The Balaban J connectivity index is 1.88. The molecule has 1 aliphatic heterocycles. The number of anilines is 1.